The molecular formula is C26H30O8. The Kier molecular flexibility index (Phi) is 8.72. The van der Waals surface area contributed by atoms with Gasteiger partial charge in [-0.25, -0.2) is 9.59 Å². The molecule has 0 amide bonds. The minimum absolute atomic E-state index is 0.197. The van der Waals surface area contributed by atoms with Crippen LogP contribution in [0.2, 0.25) is 0 Å². The van der Waals surface area contributed by atoms with Crippen molar-refractivity contribution in [1.29, 1.82) is 0 Å². The van der Waals surface area contributed by atoms with Crippen molar-refractivity contribution in [1.82, 2.24) is 0 Å². The summed E-state index contributed by atoms with van der Waals surface area (Å²) < 4.78 is 33.2. The Morgan fingerprint density at radius 3 is 1.35 bits per heavy atom. The third kappa shape index (κ3) is 4.85. The average molecular weight is 471 g/mol. The standard InChI is InChI=1S/C26H30O8/c1-9-20(27)33-18-14-12-16(22(29-5)24(18)31-7)26(4,11-3)17-13-15-19(34-21(28)10-2)25(32-8)23(17)30-6/h9-10,12-15H,1-2,11H2,3-8H3. The molecule has 182 valence electrons. The molecule has 8 heteroatoms. The van der Waals surface area contributed by atoms with Crippen molar-refractivity contribution < 1.29 is 38.0 Å². The van der Waals surface area contributed by atoms with E-state index in [1.165, 1.54) is 28.4 Å². The van der Waals surface area contributed by atoms with E-state index >= 15 is 0 Å². The number of esters is 2. The summed E-state index contributed by atoms with van der Waals surface area (Å²) in [6, 6.07) is 6.87. The maximum atomic E-state index is 11.8. The number of ether oxygens (including phenoxy) is 6. The molecule has 0 aliphatic rings. The van der Waals surface area contributed by atoms with Gasteiger partial charge in [-0.1, -0.05) is 39.1 Å². The number of methoxy groups -OCH3 is 4. The lowest BCUT2D eigenvalue weighted by atomic mass is 9.73. The van der Waals surface area contributed by atoms with Gasteiger partial charge in [-0.15, -0.1) is 0 Å². The molecule has 0 spiro atoms. The molecule has 2 rings (SSSR count). The Balaban J connectivity index is 2.79. The fraction of sp³-hybridized carbons (Fsp3) is 0.308. The van der Waals surface area contributed by atoms with Gasteiger partial charge in [-0.2, -0.15) is 0 Å². The Morgan fingerprint density at radius 1 is 0.735 bits per heavy atom. The maximum absolute atomic E-state index is 11.8. The second-order valence-corrected chi connectivity index (χ2v) is 7.29. The molecule has 0 N–H and O–H groups in total. The van der Waals surface area contributed by atoms with Crippen LogP contribution in [0.4, 0.5) is 0 Å². The minimum atomic E-state index is -0.681. The van der Waals surface area contributed by atoms with Gasteiger partial charge in [0.1, 0.15) is 0 Å². The van der Waals surface area contributed by atoms with Gasteiger partial charge >= 0.3 is 11.9 Å². The van der Waals surface area contributed by atoms with E-state index in [-0.39, 0.29) is 23.0 Å². The predicted molar refractivity (Wildman–Crippen MR) is 128 cm³/mol. The molecule has 0 aromatic heterocycles. The first kappa shape index (κ1) is 26.3. The Morgan fingerprint density at radius 2 is 1.09 bits per heavy atom. The number of carbonyl (C=O) groups is 2. The third-order valence-corrected chi connectivity index (χ3v) is 5.62. The average Bonchev–Trinajstić information content (AvgIpc) is 2.86. The topological polar surface area (TPSA) is 89.5 Å². The first-order chi connectivity index (χ1) is 16.3. The largest absolute Gasteiger partial charge is 0.492 e. The van der Waals surface area contributed by atoms with E-state index in [2.05, 4.69) is 13.2 Å². The van der Waals surface area contributed by atoms with Gasteiger partial charge in [0.2, 0.25) is 11.5 Å². The summed E-state index contributed by atoms with van der Waals surface area (Å²) in [7, 11) is 5.93. The molecule has 0 atom stereocenters. The smallest absolute Gasteiger partial charge is 0.335 e. The molecule has 0 radical (unpaired) electrons. The molecule has 0 saturated carbocycles. The summed E-state index contributed by atoms with van der Waals surface area (Å²) in [4.78, 5) is 23.6. The van der Waals surface area contributed by atoms with Crippen molar-refractivity contribution in [2.75, 3.05) is 28.4 Å². The lowest BCUT2D eigenvalue weighted by Crippen LogP contribution is -2.25. The van der Waals surface area contributed by atoms with Crippen molar-refractivity contribution in [3.8, 4) is 34.5 Å². The van der Waals surface area contributed by atoms with E-state index in [4.69, 9.17) is 28.4 Å². The monoisotopic (exact) mass is 470 g/mol. The van der Waals surface area contributed by atoms with Crippen LogP contribution in [0.3, 0.4) is 0 Å². The van der Waals surface area contributed by atoms with E-state index in [9.17, 15) is 9.59 Å². The molecule has 0 aliphatic heterocycles. The van der Waals surface area contributed by atoms with Gasteiger partial charge in [0, 0.05) is 28.7 Å². The zero-order chi connectivity index (χ0) is 25.5. The van der Waals surface area contributed by atoms with Crippen LogP contribution in [0.25, 0.3) is 0 Å². The normalized spacial score (nSPS) is 10.6. The lowest BCUT2D eigenvalue weighted by Gasteiger charge is -2.33. The summed E-state index contributed by atoms with van der Waals surface area (Å²) in [5.41, 5.74) is 0.826. The lowest BCUT2D eigenvalue weighted by molar-refractivity contribution is -0.130. The number of rotatable bonds is 11. The maximum Gasteiger partial charge on any atom is 0.335 e. The molecule has 0 heterocycles. The number of hydrogen-bond acceptors (Lipinski definition) is 8. The van der Waals surface area contributed by atoms with Gasteiger partial charge in [0.05, 0.1) is 28.4 Å². The van der Waals surface area contributed by atoms with Crippen molar-refractivity contribution in [3.05, 3.63) is 60.7 Å². The molecule has 0 unspecified atom stereocenters. The zero-order valence-electron chi connectivity index (χ0n) is 20.4. The van der Waals surface area contributed by atoms with Gasteiger partial charge in [-0.3, -0.25) is 0 Å². The molecule has 2 aromatic carbocycles. The fourth-order valence-corrected chi connectivity index (χ4v) is 3.74. The van der Waals surface area contributed by atoms with Crippen LogP contribution in [0.5, 0.6) is 34.5 Å². The predicted octanol–water partition coefficient (Wildman–Crippen LogP) is 4.62. The van der Waals surface area contributed by atoms with Crippen LogP contribution in [0.15, 0.2) is 49.6 Å². The van der Waals surface area contributed by atoms with Crippen molar-refractivity contribution >= 4 is 11.9 Å². The molecule has 0 saturated heterocycles. The Bertz CT molecular complexity index is 1010. The molecule has 0 bridgehead atoms. The first-order valence-corrected chi connectivity index (χ1v) is 10.5. The number of hydrogen-bond donors (Lipinski definition) is 0. The summed E-state index contributed by atoms with van der Waals surface area (Å²) in [6.07, 6.45) is 2.74. The van der Waals surface area contributed by atoms with Gasteiger partial charge < -0.3 is 28.4 Å². The molecule has 0 aliphatic carbocycles. The Hall–Kier alpha value is -3.94. The molecule has 8 nitrogen and oxygen atoms in total. The van der Waals surface area contributed by atoms with Crippen LogP contribution in [-0.4, -0.2) is 40.4 Å². The third-order valence-electron chi connectivity index (χ3n) is 5.62. The highest BCUT2D eigenvalue weighted by Gasteiger charge is 2.37. The number of carbonyl (C=O) groups excluding carboxylic acids is 2. The second-order valence-electron chi connectivity index (χ2n) is 7.29. The van der Waals surface area contributed by atoms with E-state index < -0.39 is 17.4 Å². The molecule has 34 heavy (non-hydrogen) atoms. The molecular weight excluding hydrogens is 440 g/mol. The zero-order valence-corrected chi connectivity index (χ0v) is 20.4. The Labute approximate surface area is 199 Å². The quantitative estimate of drug-likeness (QED) is 0.267. The number of benzene rings is 2. The summed E-state index contributed by atoms with van der Waals surface area (Å²) in [6.45, 7) is 10.9. The van der Waals surface area contributed by atoms with Gasteiger partial charge in [0.25, 0.3) is 0 Å². The van der Waals surface area contributed by atoms with Crippen LogP contribution in [-0.2, 0) is 15.0 Å². The van der Waals surface area contributed by atoms with E-state index in [0.29, 0.717) is 17.9 Å². The summed E-state index contributed by atoms with van der Waals surface area (Å²) >= 11 is 0. The van der Waals surface area contributed by atoms with Gasteiger partial charge in [-0.05, 0) is 18.6 Å². The highest BCUT2D eigenvalue weighted by molar-refractivity contribution is 5.85. The molecule has 0 fully saturated rings. The van der Waals surface area contributed by atoms with Crippen molar-refractivity contribution in [3.63, 3.8) is 0 Å². The van der Waals surface area contributed by atoms with Crippen LogP contribution in [0.1, 0.15) is 31.4 Å². The van der Waals surface area contributed by atoms with Gasteiger partial charge in [0.15, 0.2) is 23.0 Å². The van der Waals surface area contributed by atoms with E-state index in [0.717, 1.165) is 23.3 Å². The first-order valence-electron chi connectivity index (χ1n) is 10.5. The fourth-order valence-electron chi connectivity index (χ4n) is 3.74. The van der Waals surface area contributed by atoms with Crippen LogP contribution in [0, 0.1) is 0 Å². The summed E-state index contributed by atoms with van der Waals surface area (Å²) in [5, 5.41) is 0. The van der Waals surface area contributed by atoms with Crippen LogP contribution < -0.4 is 28.4 Å². The van der Waals surface area contributed by atoms with E-state index in [1.807, 2.05) is 13.8 Å². The highest BCUT2D eigenvalue weighted by Crippen LogP contribution is 2.52. The van der Waals surface area contributed by atoms with Crippen molar-refractivity contribution in [2.24, 2.45) is 0 Å². The van der Waals surface area contributed by atoms with E-state index in [1.54, 1.807) is 24.3 Å². The second kappa shape index (κ2) is 11.3. The summed E-state index contributed by atoms with van der Waals surface area (Å²) in [5.74, 6) is 0.457. The minimum Gasteiger partial charge on any atom is -0.492 e. The van der Waals surface area contributed by atoms with Crippen LogP contribution >= 0.6 is 0 Å². The highest BCUT2D eigenvalue weighted by atomic mass is 16.6. The van der Waals surface area contributed by atoms with Crippen molar-refractivity contribution in [2.45, 2.75) is 25.7 Å². The molecule has 2 aromatic rings. The SMILES string of the molecule is C=CC(=O)Oc1ccc(C(C)(CC)c2ccc(OC(=O)C=C)c(OC)c2OC)c(OC)c1OC.